The van der Waals surface area contributed by atoms with Crippen LogP contribution in [0.25, 0.3) is 0 Å². The van der Waals surface area contributed by atoms with Crippen LogP contribution in [-0.2, 0) is 23.8 Å². The Labute approximate surface area is 161 Å². The molecule has 0 unspecified atom stereocenters. The van der Waals surface area contributed by atoms with Crippen molar-refractivity contribution in [3.8, 4) is 0 Å². The predicted octanol–water partition coefficient (Wildman–Crippen LogP) is 2.28. The molecule has 1 heterocycles. The van der Waals surface area contributed by atoms with Crippen LogP contribution in [0.5, 0.6) is 0 Å². The van der Waals surface area contributed by atoms with Gasteiger partial charge in [-0.3, -0.25) is 4.79 Å². The van der Waals surface area contributed by atoms with Gasteiger partial charge in [-0.25, -0.2) is 4.79 Å². The molecule has 2 N–H and O–H groups in total. The minimum absolute atomic E-state index is 0.161. The molecule has 1 fully saturated rings. The summed E-state index contributed by atoms with van der Waals surface area (Å²) >= 11 is 0. The van der Waals surface area contributed by atoms with Crippen LogP contribution in [0.15, 0.2) is 11.6 Å². The van der Waals surface area contributed by atoms with E-state index in [1.807, 2.05) is 0 Å². The highest BCUT2D eigenvalue weighted by Gasteiger charge is 2.31. The van der Waals surface area contributed by atoms with Gasteiger partial charge in [-0.15, -0.1) is 0 Å². The van der Waals surface area contributed by atoms with Gasteiger partial charge in [0, 0.05) is 19.1 Å². The SMILES string of the molecule is COC(=O)CCCCCCCCOC(=O)/C=C(\C)C[C@@H]1OCC[C@@H](O)[C@H]1O. The van der Waals surface area contributed by atoms with Gasteiger partial charge in [0.2, 0.25) is 0 Å². The number of carbonyl (C=O) groups is 2. The van der Waals surface area contributed by atoms with Crippen LogP contribution in [0.1, 0.15) is 64.7 Å². The van der Waals surface area contributed by atoms with Gasteiger partial charge in [0.05, 0.1) is 25.9 Å². The number of hydrogen-bond donors (Lipinski definition) is 2. The number of aliphatic hydroxyl groups excluding tert-OH is 2. The summed E-state index contributed by atoms with van der Waals surface area (Å²) in [6.07, 6.45) is 6.26. The Hall–Kier alpha value is -1.44. The number of hydrogen-bond acceptors (Lipinski definition) is 7. The van der Waals surface area contributed by atoms with Crippen molar-refractivity contribution >= 4 is 11.9 Å². The van der Waals surface area contributed by atoms with Crippen molar-refractivity contribution in [1.29, 1.82) is 0 Å². The smallest absolute Gasteiger partial charge is 0.330 e. The van der Waals surface area contributed by atoms with Crippen molar-refractivity contribution in [2.45, 2.75) is 83.0 Å². The molecule has 0 aliphatic carbocycles. The maximum atomic E-state index is 11.8. The number of methoxy groups -OCH3 is 1. The van der Waals surface area contributed by atoms with E-state index in [0.717, 1.165) is 44.1 Å². The standard InChI is InChI=1S/C20H34O7/c1-15(13-17-20(24)16(21)10-12-26-17)14-19(23)27-11-8-6-4-3-5-7-9-18(22)25-2/h14,16-17,20-21,24H,3-13H2,1-2H3/b15-14+/t16-,17+,20-/m1/s1. The summed E-state index contributed by atoms with van der Waals surface area (Å²) in [6.45, 7) is 2.57. The van der Waals surface area contributed by atoms with Gasteiger partial charge in [0.1, 0.15) is 6.10 Å². The van der Waals surface area contributed by atoms with E-state index in [2.05, 4.69) is 4.74 Å². The molecule has 7 heteroatoms. The Morgan fingerprint density at radius 3 is 2.48 bits per heavy atom. The lowest BCUT2D eigenvalue weighted by Gasteiger charge is -2.32. The van der Waals surface area contributed by atoms with E-state index < -0.39 is 24.3 Å². The summed E-state index contributed by atoms with van der Waals surface area (Å²) in [5.74, 6) is -0.553. The zero-order valence-electron chi connectivity index (χ0n) is 16.5. The van der Waals surface area contributed by atoms with Crippen molar-refractivity contribution in [1.82, 2.24) is 0 Å². The van der Waals surface area contributed by atoms with Crippen LogP contribution in [0.3, 0.4) is 0 Å². The predicted molar refractivity (Wildman–Crippen MR) is 100 cm³/mol. The monoisotopic (exact) mass is 386 g/mol. The van der Waals surface area contributed by atoms with Crippen LogP contribution in [-0.4, -0.2) is 60.8 Å². The van der Waals surface area contributed by atoms with E-state index in [-0.39, 0.29) is 5.97 Å². The number of unbranched alkanes of at least 4 members (excludes halogenated alkanes) is 5. The fourth-order valence-electron chi connectivity index (χ4n) is 3.01. The van der Waals surface area contributed by atoms with Crippen LogP contribution >= 0.6 is 0 Å². The van der Waals surface area contributed by atoms with Gasteiger partial charge in [0.15, 0.2) is 0 Å². The lowest BCUT2D eigenvalue weighted by atomic mass is 9.97. The number of esters is 2. The number of ether oxygens (including phenoxy) is 3. The van der Waals surface area contributed by atoms with Gasteiger partial charge in [-0.2, -0.15) is 0 Å². The molecular formula is C20H34O7. The minimum Gasteiger partial charge on any atom is -0.469 e. The van der Waals surface area contributed by atoms with Crippen molar-refractivity contribution in [2.24, 2.45) is 0 Å². The second-order valence-corrected chi connectivity index (χ2v) is 7.07. The van der Waals surface area contributed by atoms with E-state index in [1.54, 1.807) is 6.92 Å². The number of aliphatic hydroxyl groups is 2. The number of rotatable bonds is 12. The Morgan fingerprint density at radius 2 is 1.78 bits per heavy atom. The van der Waals surface area contributed by atoms with Crippen molar-refractivity contribution in [2.75, 3.05) is 20.3 Å². The molecule has 1 aliphatic rings. The molecule has 0 spiro atoms. The Balaban J connectivity index is 2.07. The van der Waals surface area contributed by atoms with Crippen LogP contribution in [0, 0.1) is 0 Å². The normalized spacial score (nSPS) is 23.1. The Morgan fingerprint density at radius 1 is 1.11 bits per heavy atom. The molecular weight excluding hydrogens is 352 g/mol. The van der Waals surface area contributed by atoms with Gasteiger partial charge in [-0.05, 0) is 32.6 Å². The minimum atomic E-state index is -0.925. The van der Waals surface area contributed by atoms with Gasteiger partial charge >= 0.3 is 11.9 Å². The highest BCUT2D eigenvalue weighted by molar-refractivity contribution is 5.82. The van der Waals surface area contributed by atoms with E-state index in [4.69, 9.17) is 9.47 Å². The summed E-state index contributed by atoms with van der Waals surface area (Å²) in [4.78, 5) is 22.8. The zero-order chi connectivity index (χ0) is 20.1. The van der Waals surface area contributed by atoms with Crippen LogP contribution < -0.4 is 0 Å². The second kappa shape index (κ2) is 13.7. The highest BCUT2D eigenvalue weighted by atomic mass is 16.5. The molecule has 0 radical (unpaired) electrons. The topological polar surface area (TPSA) is 102 Å². The molecule has 3 atom stereocenters. The van der Waals surface area contributed by atoms with E-state index in [1.165, 1.54) is 13.2 Å². The van der Waals surface area contributed by atoms with E-state index >= 15 is 0 Å². The third kappa shape index (κ3) is 10.5. The van der Waals surface area contributed by atoms with Gasteiger partial charge in [-0.1, -0.05) is 31.3 Å². The maximum absolute atomic E-state index is 11.8. The molecule has 1 saturated heterocycles. The molecule has 0 aromatic rings. The summed E-state index contributed by atoms with van der Waals surface area (Å²) in [7, 11) is 1.40. The summed E-state index contributed by atoms with van der Waals surface area (Å²) in [5, 5.41) is 19.5. The molecule has 1 aliphatic heterocycles. The molecule has 0 bridgehead atoms. The average molecular weight is 386 g/mol. The first-order valence-electron chi connectivity index (χ1n) is 9.82. The summed E-state index contributed by atoms with van der Waals surface area (Å²) in [6, 6.07) is 0. The third-order valence-electron chi connectivity index (χ3n) is 4.66. The van der Waals surface area contributed by atoms with E-state index in [0.29, 0.717) is 32.5 Å². The summed E-state index contributed by atoms with van der Waals surface area (Å²) < 4.78 is 15.2. The van der Waals surface area contributed by atoms with E-state index in [9.17, 15) is 19.8 Å². The highest BCUT2D eigenvalue weighted by Crippen LogP contribution is 2.20. The Bertz CT molecular complexity index is 475. The largest absolute Gasteiger partial charge is 0.469 e. The first-order valence-corrected chi connectivity index (χ1v) is 9.82. The maximum Gasteiger partial charge on any atom is 0.330 e. The quantitative estimate of drug-likeness (QED) is 0.301. The zero-order valence-corrected chi connectivity index (χ0v) is 16.5. The Kier molecular flexibility index (Phi) is 12.0. The molecule has 1 rings (SSSR count). The fourth-order valence-corrected chi connectivity index (χ4v) is 3.01. The molecule has 0 amide bonds. The molecule has 0 aromatic heterocycles. The van der Waals surface area contributed by atoms with Crippen molar-refractivity contribution < 1.29 is 34.0 Å². The number of carbonyl (C=O) groups excluding carboxylic acids is 2. The van der Waals surface area contributed by atoms with Gasteiger partial charge < -0.3 is 24.4 Å². The fraction of sp³-hybridized carbons (Fsp3) is 0.800. The second-order valence-electron chi connectivity index (χ2n) is 7.07. The van der Waals surface area contributed by atoms with Crippen LogP contribution in [0.4, 0.5) is 0 Å². The molecule has 156 valence electrons. The van der Waals surface area contributed by atoms with Crippen molar-refractivity contribution in [3.05, 3.63) is 11.6 Å². The lowest BCUT2D eigenvalue weighted by Crippen LogP contribution is -2.44. The molecule has 0 saturated carbocycles. The third-order valence-corrected chi connectivity index (χ3v) is 4.66. The van der Waals surface area contributed by atoms with Crippen molar-refractivity contribution in [3.63, 3.8) is 0 Å². The molecule has 0 aromatic carbocycles. The first kappa shape index (κ1) is 23.6. The first-order chi connectivity index (χ1) is 12.9. The van der Waals surface area contributed by atoms with Gasteiger partial charge in [0.25, 0.3) is 0 Å². The summed E-state index contributed by atoms with van der Waals surface area (Å²) in [5.41, 5.74) is 0.753. The molecule has 7 nitrogen and oxygen atoms in total. The van der Waals surface area contributed by atoms with Crippen LogP contribution in [0.2, 0.25) is 0 Å². The lowest BCUT2D eigenvalue weighted by molar-refractivity contribution is -0.141. The average Bonchev–Trinajstić information content (AvgIpc) is 2.63. The molecule has 27 heavy (non-hydrogen) atoms.